The van der Waals surface area contributed by atoms with Crippen LogP contribution in [0.1, 0.15) is 31.7 Å². The minimum Gasteiger partial charge on any atom is -0.399 e. The van der Waals surface area contributed by atoms with E-state index < -0.39 is 0 Å². The zero-order valence-corrected chi connectivity index (χ0v) is 10.4. The molecular formula is C13H21NS. The molecule has 1 rings (SSSR count). The average molecular weight is 223 g/mol. The van der Waals surface area contributed by atoms with Gasteiger partial charge in [0.15, 0.2) is 0 Å². The molecule has 0 spiro atoms. The van der Waals surface area contributed by atoms with Crippen LogP contribution in [0.5, 0.6) is 0 Å². The van der Waals surface area contributed by atoms with Gasteiger partial charge in [-0.1, -0.05) is 31.9 Å². The van der Waals surface area contributed by atoms with Crippen LogP contribution in [-0.4, -0.2) is 11.5 Å². The van der Waals surface area contributed by atoms with Crippen molar-refractivity contribution >= 4 is 17.4 Å². The van der Waals surface area contributed by atoms with E-state index in [1.807, 2.05) is 12.1 Å². The summed E-state index contributed by atoms with van der Waals surface area (Å²) in [6.07, 6.45) is 5.22. The maximum absolute atomic E-state index is 5.63. The summed E-state index contributed by atoms with van der Waals surface area (Å²) in [4.78, 5) is 0. The van der Waals surface area contributed by atoms with Gasteiger partial charge < -0.3 is 5.73 Å². The zero-order chi connectivity index (χ0) is 10.9. The summed E-state index contributed by atoms with van der Waals surface area (Å²) in [5.41, 5.74) is 7.88. The largest absolute Gasteiger partial charge is 0.399 e. The molecule has 84 valence electrons. The number of nitrogens with two attached hydrogens (primary N) is 1. The summed E-state index contributed by atoms with van der Waals surface area (Å²) in [7, 11) is 0. The number of rotatable bonds is 7. The van der Waals surface area contributed by atoms with Gasteiger partial charge in [0, 0.05) is 5.69 Å². The molecule has 0 fully saturated rings. The van der Waals surface area contributed by atoms with Gasteiger partial charge in [0.25, 0.3) is 0 Å². The normalized spacial score (nSPS) is 10.5. The Balaban J connectivity index is 2.07. The fraction of sp³-hybridized carbons (Fsp3) is 0.538. The number of aryl methyl sites for hydroxylation is 1. The van der Waals surface area contributed by atoms with Crippen molar-refractivity contribution in [1.29, 1.82) is 0 Å². The number of anilines is 1. The maximum Gasteiger partial charge on any atom is 0.0314 e. The molecule has 1 aromatic rings. The lowest BCUT2D eigenvalue weighted by molar-refractivity contribution is 0.778. The first-order chi connectivity index (χ1) is 7.33. The molecule has 0 atom stereocenters. The van der Waals surface area contributed by atoms with Crippen molar-refractivity contribution in [2.45, 2.75) is 32.6 Å². The molecule has 1 aromatic carbocycles. The first-order valence-corrected chi connectivity index (χ1v) is 6.90. The lowest BCUT2D eigenvalue weighted by Crippen LogP contribution is -1.91. The monoisotopic (exact) mass is 223 g/mol. The van der Waals surface area contributed by atoms with E-state index in [-0.39, 0.29) is 0 Å². The fourth-order valence-corrected chi connectivity index (χ4v) is 2.42. The molecule has 0 saturated heterocycles. The number of hydrogen-bond acceptors (Lipinski definition) is 2. The van der Waals surface area contributed by atoms with E-state index in [2.05, 4.69) is 30.8 Å². The van der Waals surface area contributed by atoms with Crippen molar-refractivity contribution in [3.05, 3.63) is 29.8 Å². The molecule has 0 bridgehead atoms. The SMILES string of the molecule is CCCCCSCCc1ccc(N)cc1. The first-order valence-electron chi connectivity index (χ1n) is 5.75. The minimum absolute atomic E-state index is 0.856. The zero-order valence-electron chi connectivity index (χ0n) is 9.54. The number of unbranched alkanes of at least 4 members (excludes halogenated alkanes) is 2. The van der Waals surface area contributed by atoms with Gasteiger partial charge in [-0.2, -0.15) is 11.8 Å². The van der Waals surface area contributed by atoms with E-state index >= 15 is 0 Å². The van der Waals surface area contributed by atoms with E-state index in [0.717, 1.165) is 12.1 Å². The molecule has 0 aliphatic carbocycles. The van der Waals surface area contributed by atoms with Crippen LogP contribution in [0.2, 0.25) is 0 Å². The highest BCUT2D eigenvalue weighted by molar-refractivity contribution is 7.99. The average Bonchev–Trinajstić information content (AvgIpc) is 2.26. The molecule has 2 heteroatoms. The van der Waals surface area contributed by atoms with Crippen LogP contribution in [-0.2, 0) is 6.42 Å². The maximum atomic E-state index is 5.63. The van der Waals surface area contributed by atoms with Crippen molar-refractivity contribution < 1.29 is 0 Å². The van der Waals surface area contributed by atoms with E-state index in [1.54, 1.807) is 0 Å². The van der Waals surface area contributed by atoms with Gasteiger partial charge in [0.05, 0.1) is 0 Å². The third-order valence-electron chi connectivity index (χ3n) is 2.41. The third-order valence-corrected chi connectivity index (χ3v) is 3.48. The van der Waals surface area contributed by atoms with Crippen molar-refractivity contribution in [3.8, 4) is 0 Å². The van der Waals surface area contributed by atoms with Gasteiger partial charge in [-0.3, -0.25) is 0 Å². The Kier molecular flexibility index (Phi) is 6.33. The number of benzene rings is 1. The van der Waals surface area contributed by atoms with Gasteiger partial charge in [-0.15, -0.1) is 0 Å². The van der Waals surface area contributed by atoms with Crippen LogP contribution >= 0.6 is 11.8 Å². The summed E-state index contributed by atoms with van der Waals surface area (Å²) < 4.78 is 0. The molecule has 0 heterocycles. The predicted molar refractivity (Wildman–Crippen MR) is 71.4 cm³/mol. The van der Waals surface area contributed by atoms with Gasteiger partial charge >= 0.3 is 0 Å². The summed E-state index contributed by atoms with van der Waals surface area (Å²) in [5, 5.41) is 0. The molecule has 0 unspecified atom stereocenters. The lowest BCUT2D eigenvalue weighted by Gasteiger charge is -2.02. The van der Waals surface area contributed by atoms with E-state index in [0.29, 0.717) is 0 Å². The molecule has 0 aliphatic rings. The van der Waals surface area contributed by atoms with Crippen LogP contribution in [0, 0.1) is 0 Å². The quantitative estimate of drug-likeness (QED) is 0.563. The van der Waals surface area contributed by atoms with Gasteiger partial charge in [-0.05, 0) is 42.0 Å². The minimum atomic E-state index is 0.856. The Hall–Kier alpha value is -0.630. The Morgan fingerprint density at radius 1 is 1.07 bits per heavy atom. The highest BCUT2D eigenvalue weighted by Crippen LogP contribution is 2.11. The Labute approximate surface area is 97.4 Å². The summed E-state index contributed by atoms with van der Waals surface area (Å²) in [5.74, 6) is 2.54. The van der Waals surface area contributed by atoms with Crippen LogP contribution in [0.4, 0.5) is 5.69 Å². The van der Waals surface area contributed by atoms with Crippen LogP contribution < -0.4 is 5.73 Å². The van der Waals surface area contributed by atoms with Gasteiger partial charge in [0.1, 0.15) is 0 Å². The Morgan fingerprint density at radius 3 is 2.47 bits per heavy atom. The fourth-order valence-electron chi connectivity index (χ4n) is 1.43. The topological polar surface area (TPSA) is 26.0 Å². The number of nitrogen functional groups attached to an aromatic ring is 1. The highest BCUT2D eigenvalue weighted by atomic mass is 32.2. The third kappa shape index (κ3) is 5.73. The van der Waals surface area contributed by atoms with Gasteiger partial charge in [0.2, 0.25) is 0 Å². The van der Waals surface area contributed by atoms with Crippen molar-refractivity contribution in [3.63, 3.8) is 0 Å². The van der Waals surface area contributed by atoms with Gasteiger partial charge in [-0.25, -0.2) is 0 Å². The Morgan fingerprint density at radius 2 is 1.80 bits per heavy atom. The number of hydrogen-bond donors (Lipinski definition) is 1. The summed E-state index contributed by atoms with van der Waals surface area (Å²) in [6, 6.07) is 8.22. The second-order valence-electron chi connectivity index (χ2n) is 3.81. The van der Waals surface area contributed by atoms with E-state index in [9.17, 15) is 0 Å². The van der Waals surface area contributed by atoms with Crippen LogP contribution in [0.25, 0.3) is 0 Å². The molecule has 0 saturated carbocycles. The molecule has 1 nitrogen and oxygen atoms in total. The smallest absolute Gasteiger partial charge is 0.0314 e. The molecule has 15 heavy (non-hydrogen) atoms. The van der Waals surface area contributed by atoms with Crippen LogP contribution in [0.15, 0.2) is 24.3 Å². The molecule has 0 aromatic heterocycles. The first kappa shape index (κ1) is 12.4. The second kappa shape index (κ2) is 7.63. The summed E-state index contributed by atoms with van der Waals surface area (Å²) in [6.45, 7) is 2.25. The standard InChI is InChI=1S/C13H21NS/c1-2-3-4-10-15-11-9-12-5-7-13(14)8-6-12/h5-8H,2-4,9-11,14H2,1H3. The molecule has 0 amide bonds. The summed E-state index contributed by atoms with van der Waals surface area (Å²) >= 11 is 2.06. The lowest BCUT2D eigenvalue weighted by atomic mass is 10.2. The molecular weight excluding hydrogens is 202 g/mol. The molecule has 0 aliphatic heterocycles. The molecule has 2 N–H and O–H groups in total. The molecule has 0 radical (unpaired) electrons. The highest BCUT2D eigenvalue weighted by Gasteiger charge is 1.93. The van der Waals surface area contributed by atoms with Crippen LogP contribution in [0.3, 0.4) is 0 Å². The van der Waals surface area contributed by atoms with Crippen molar-refractivity contribution in [2.24, 2.45) is 0 Å². The second-order valence-corrected chi connectivity index (χ2v) is 5.04. The van der Waals surface area contributed by atoms with E-state index in [1.165, 1.54) is 36.3 Å². The van der Waals surface area contributed by atoms with Crippen molar-refractivity contribution in [2.75, 3.05) is 17.2 Å². The number of thioether (sulfide) groups is 1. The van der Waals surface area contributed by atoms with Crippen molar-refractivity contribution in [1.82, 2.24) is 0 Å². The van der Waals surface area contributed by atoms with E-state index in [4.69, 9.17) is 5.73 Å². The Bertz CT molecular complexity index is 256. The predicted octanol–water partition coefficient (Wildman–Crippen LogP) is 3.73.